The van der Waals surface area contributed by atoms with Gasteiger partial charge < -0.3 is 34.8 Å². The second-order valence-electron chi connectivity index (χ2n) is 5.78. The minimum atomic E-state index is -4.49. The molecule has 0 saturated heterocycles. The average molecular weight is 420 g/mol. The van der Waals surface area contributed by atoms with E-state index in [0.29, 0.717) is 16.7 Å². The van der Waals surface area contributed by atoms with Gasteiger partial charge in [-0.3, -0.25) is 13.7 Å². The van der Waals surface area contributed by atoms with Crippen molar-refractivity contribution in [3.05, 3.63) is 33.4 Å². The molecular formula is C12H23O10P3. The molecule has 0 spiro atoms. The standard InChI is InChI=1S/C12H21O9P3.H2O/c1-7-10(4-22(13,14)15)8(2)12(6-24(19,20)21)9(3)11(7)5-23(16,17)18;/h4-6H2,1-3H3,(H2,13,14,15)(H2,16,17,18)(H2,19,20,21);1H2. The molecule has 1 rings (SSSR count). The number of hydrogen-bond acceptors (Lipinski definition) is 3. The molecule has 1 aromatic rings. The molecule has 0 atom stereocenters. The van der Waals surface area contributed by atoms with Gasteiger partial charge in [0.1, 0.15) is 0 Å². The Morgan fingerprint density at radius 2 is 0.720 bits per heavy atom. The van der Waals surface area contributed by atoms with Crippen LogP contribution in [0.25, 0.3) is 0 Å². The van der Waals surface area contributed by atoms with Crippen molar-refractivity contribution in [3.63, 3.8) is 0 Å². The van der Waals surface area contributed by atoms with Gasteiger partial charge in [0.15, 0.2) is 0 Å². The zero-order chi connectivity index (χ0) is 19.1. The molecule has 13 heteroatoms. The van der Waals surface area contributed by atoms with Gasteiger partial charge in [-0.05, 0) is 54.2 Å². The van der Waals surface area contributed by atoms with Crippen molar-refractivity contribution in [2.45, 2.75) is 39.3 Å². The van der Waals surface area contributed by atoms with Gasteiger partial charge in [-0.2, -0.15) is 0 Å². The Hall–Kier alpha value is -0.370. The fraction of sp³-hybridized carbons (Fsp3) is 0.500. The van der Waals surface area contributed by atoms with Crippen molar-refractivity contribution in [1.82, 2.24) is 0 Å². The number of hydrogen-bond donors (Lipinski definition) is 6. The van der Waals surface area contributed by atoms with Crippen LogP contribution in [-0.4, -0.2) is 34.8 Å². The molecule has 0 amide bonds. The zero-order valence-corrected chi connectivity index (χ0v) is 16.6. The SMILES string of the molecule is Cc1c(CP(=O)(O)O)c(C)c(CP(=O)(O)O)c(C)c1CP(=O)(O)O.O. The maximum absolute atomic E-state index is 11.4. The first-order valence-corrected chi connectivity index (χ1v) is 12.1. The van der Waals surface area contributed by atoms with Crippen LogP contribution in [0, 0.1) is 20.8 Å². The van der Waals surface area contributed by atoms with Crippen LogP contribution in [0.15, 0.2) is 0 Å². The molecule has 25 heavy (non-hydrogen) atoms. The molecule has 0 aromatic heterocycles. The first kappa shape index (κ1) is 24.6. The van der Waals surface area contributed by atoms with Gasteiger partial charge in [0.05, 0.1) is 18.5 Å². The van der Waals surface area contributed by atoms with Crippen LogP contribution >= 0.6 is 22.8 Å². The van der Waals surface area contributed by atoms with Crippen molar-refractivity contribution in [1.29, 1.82) is 0 Å². The molecule has 0 aliphatic carbocycles. The predicted molar refractivity (Wildman–Crippen MR) is 91.5 cm³/mol. The second kappa shape index (κ2) is 8.11. The Morgan fingerprint density at radius 3 is 0.840 bits per heavy atom. The Labute approximate surface area is 144 Å². The van der Waals surface area contributed by atoms with Crippen LogP contribution in [0.5, 0.6) is 0 Å². The highest BCUT2D eigenvalue weighted by atomic mass is 31.2. The third-order valence-electron chi connectivity index (χ3n) is 3.81. The molecule has 8 N–H and O–H groups in total. The largest absolute Gasteiger partial charge is 0.412 e. The van der Waals surface area contributed by atoms with E-state index in [1.54, 1.807) is 0 Å². The molecule has 10 nitrogen and oxygen atoms in total. The van der Waals surface area contributed by atoms with E-state index in [2.05, 4.69) is 0 Å². The van der Waals surface area contributed by atoms with Gasteiger partial charge in [0, 0.05) is 0 Å². The molecule has 0 fully saturated rings. The summed E-state index contributed by atoms with van der Waals surface area (Å²) >= 11 is 0. The van der Waals surface area contributed by atoms with Crippen molar-refractivity contribution < 1.29 is 48.5 Å². The summed E-state index contributed by atoms with van der Waals surface area (Å²) in [5, 5.41) is 0. The third kappa shape index (κ3) is 7.41. The monoisotopic (exact) mass is 420 g/mol. The van der Waals surface area contributed by atoms with Crippen molar-refractivity contribution in [2.75, 3.05) is 0 Å². The molecular weight excluding hydrogens is 397 g/mol. The van der Waals surface area contributed by atoms with Gasteiger partial charge in [-0.25, -0.2) is 0 Å². The summed E-state index contributed by atoms with van der Waals surface area (Å²) in [7, 11) is -13.5. The molecule has 146 valence electrons. The lowest BCUT2D eigenvalue weighted by Crippen LogP contribution is -2.09. The summed E-state index contributed by atoms with van der Waals surface area (Å²) in [5.74, 6) is 0. The van der Waals surface area contributed by atoms with Crippen LogP contribution in [0.2, 0.25) is 0 Å². The number of benzene rings is 1. The van der Waals surface area contributed by atoms with Gasteiger partial charge in [-0.15, -0.1) is 0 Å². The van der Waals surface area contributed by atoms with Crippen molar-refractivity contribution >= 4 is 22.8 Å². The minimum absolute atomic E-state index is 0. The topological polar surface area (TPSA) is 204 Å². The fourth-order valence-electron chi connectivity index (χ4n) is 2.72. The molecule has 0 radical (unpaired) electrons. The van der Waals surface area contributed by atoms with Crippen LogP contribution in [0.4, 0.5) is 0 Å². The number of rotatable bonds is 6. The van der Waals surface area contributed by atoms with E-state index in [1.807, 2.05) is 0 Å². The van der Waals surface area contributed by atoms with Gasteiger partial charge in [0.2, 0.25) is 0 Å². The van der Waals surface area contributed by atoms with Crippen LogP contribution in [0.1, 0.15) is 33.4 Å². The van der Waals surface area contributed by atoms with E-state index >= 15 is 0 Å². The first-order valence-electron chi connectivity index (χ1n) is 6.76. The third-order valence-corrected chi connectivity index (χ3v) is 5.99. The Balaban J connectivity index is 0.00000576. The normalized spacial score (nSPS) is 12.8. The molecule has 0 saturated carbocycles. The highest BCUT2D eigenvalue weighted by Gasteiger charge is 2.28. The fourth-order valence-corrected chi connectivity index (χ4v) is 5.38. The van der Waals surface area contributed by atoms with Gasteiger partial charge in [-0.1, -0.05) is 0 Å². The van der Waals surface area contributed by atoms with E-state index in [0.717, 1.165) is 0 Å². The summed E-state index contributed by atoms with van der Waals surface area (Å²) in [6, 6.07) is 0. The Morgan fingerprint density at radius 1 is 0.560 bits per heavy atom. The highest BCUT2D eigenvalue weighted by Crippen LogP contribution is 2.48. The van der Waals surface area contributed by atoms with E-state index in [9.17, 15) is 43.1 Å². The zero-order valence-electron chi connectivity index (χ0n) is 13.9. The minimum Gasteiger partial charge on any atom is -0.412 e. The lowest BCUT2D eigenvalue weighted by Gasteiger charge is -2.23. The summed E-state index contributed by atoms with van der Waals surface area (Å²) in [5.41, 5.74) is 1.39. The van der Waals surface area contributed by atoms with E-state index < -0.39 is 41.3 Å². The van der Waals surface area contributed by atoms with Crippen molar-refractivity contribution in [2.24, 2.45) is 0 Å². The summed E-state index contributed by atoms with van der Waals surface area (Å²) < 4.78 is 34.1. The smallest absolute Gasteiger partial charge is 0.329 e. The maximum Gasteiger partial charge on any atom is 0.329 e. The van der Waals surface area contributed by atoms with Crippen LogP contribution in [-0.2, 0) is 32.2 Å². The molecule has 0 heterocycles. The first-order chi connectivity index (χ1) is 10.5. The van der Waals surface area contributed by atoms with Gasteiger partial charge in [0.25, 0.3) is 0 Å². The molecule has 1 aromatic carbocycles. The molecule has 0 aliphatic rings. The Kier molecular flexibility index (Phi) is 7.99. The van der Waals surface area contributed by atoms with Crippen molar-refractivity contribution in [3.8, 4) is 0 Å². The quantitative estimate of drug-likeness (QED) is 0.360. The summed E-state index contributed by atoms with van der Waals surface area (Å²) in [6.07, 6.45) is -2.02. The highest BCUT2D eigenvalue weighted by molar-refractivity contribution is 7.51. The summed E-state index contributed by atoms with van der Waals surface area (Å²) in [6.45, 7) is 4.45. The van der Waals surface area contributed by atoms with Crippen LogP contribution < -0.4 is 0 Å². The lowest BCUT2D eigenvalue weighted by atomic mass is 9.90. The molecule has 0 bridgehead atoms. The summed E-state index contributed by atoms with van der Waals surface area (Å²) in [4.78, 5) is 55.4. The van der Waals surface area contributed by atoms with Crippen LogP contribution in [0.3, 0.4) is 0 Å². The molecule has 0 unspecified atom stereocenters. The maximum atomic E-state index is 11.4. The average Bonchev–Trinajstić information content (AvgIpc) is 2.32. The van der Waals surface area contributed by atoms with E-state index in [1.165, 1.54) is 20.8 Å². The van der Waals surface area contributed by atoms with Gasteiger partial charge >= 0.3 is 22.8 Å². The predicted octanol–water partition coefficient (Wildman–Crippen LogP) is 0.820. The van der Waals surface area contributed by atoms with E-state index in [-0.39, 0.29) is 22.2 Å². The lowest BCUT2D eigenvalue weighted by molar-refractivity contribution is 0.370. The Bertz CT molecular complexity index is 659. The van der Waals surface area contributed by atoms with E-state index in [4.69, 9.17) is 0 Å². The second-order valence-corrected chi connectivity index (χ2v) is 10.7. The molecule has 0 aliphatic heterocycles.